The van der Waals surface area contributed by atoms with Crippen molar-refractivity contribution in [1.29, 1.82) is 0 Å². The minimum absolute atomic E-state index is 0.882. The lowest BCUT2D eigenvalue weighted by atomic mass is 10.1. The average Bonchev–Trinajstić information content (AvgIpc) is 2.39. The van der Waals surface area contributed by atoms with E-state index in [1.54, 1.807) is 7.11 Å². The van der Waals surface area contributed by atoms with E-state index in [0.29, 0.717) is 0 Å². The van der Waals surface area contributed by atoms with Crippen LogP contribution in [0.4, 0.5) is 0 Å². The van der Waals surface area contributed by atoms with E-state index in [4.69, 9.17) is 4.74 Å². The SMILES string of the molecule is COCCCCCNC/C(C)=C/c1ccccc1. The predicted molar refractivity (Wildman–Crippen MR) is 78.7 cm³/mol. The van der Waals surface area contributed by atoms with Crippen molar-refractivity contribution < 1.29 is 4.74 Å². The smallest absolute Gasteiger partial charge is 0.0462 e. The van der Waals surface area contributed by atoms with E-state index in [-0.39, 0.29) is 0 Å². The molecule has 0 spiro atoms. The summed E-state index contributed by atoms with van der Waals surface area (Å²) in [7, 11) is 1.76. The Hall–Kier alpha value is -1.12. The molecule has 0 radical (unpaired) electrons. The molecule has 0 aliphatic rings. The summed E-state index contributed by atoms with van der Waals surface area (Å²) in [5, 5.41) is 3.47. The van der Waals surface area contributed by atoms with Gasteiger partial charge in [0, 0.05) is 20.3 Å². The quantitative estimate of drug-likeness (QED) is 0.674. The Labute approximate surface area is 111 Å². The molecular formula is C16H25NO. The Morgan fingerprint density at radius 1 is 1.17 bits per heavy atom. The fourth-order valence-electron chi connectivity index (χ4n) is 1.84. The van der Waals surface area contributed by atoms with Gasteiger partial charge in [-0.25, -0.2) is 0 Å². The van der Waals surface area contributed by atoms with Gasteiger partial charge in [0.25, 0.3) is 0 Å². The van der Waals surface area contributed by atoms with Gasteiger partial charge in [0.1, 0.15) is 0 Å². The van der Waals surface area contributed by atoms with E-state index in [0.717, 1.165) is 26.1 Å². The first-order valence-electron chi connectivity index (χ1n) is 6.75. The second-order valence-corrected chi connectivity index (χ2v) is 4.63. The molecule has 1 rings (SSSR count). The van der Waals surface area contributed by atoms with Gasteiger partial charge in [0.05, 0.1) is 0 Å². The number of ether oxygens (including phenoxy) is 1. The molecule has 0 aromatic heterocycles. The Kier molecular flexibility index (Phi) is 8.19. The standard InChI is InChI=1S/C16H25NO/c1-15(13-16-9-5-3-6-10-16)14-17-11-7-4-8-12-18-2/h3,5-6,9-10,13,17H,4,7-8,11-12,14H2,1-2H3/b15-13+. The maximum absolute atomic E-state index is 5.02. The summed E-state index contributed by atoms with van der Waals surface area (Å²) in [5.74, 6) is 0. The highest BCUT2D eigenvalue weighted by atomic mass is 16.5. The molecule has 0 saturated heterocycles. The van der Waals surface area contributed by atoms with E-state index in [2.05, 4.69) is 42.6 Å². The van der Waals surface area contributed by atoms with Crippen molar-refractivity contribution >= 4 is 6.08 Å². The summed E-state index contributed by atoms with van der Waals surface area (Å²) in [6.45, 7) is 5.11. The number of unbranched alkanes of at least 4 members (excludes halogenated alkanes) is 2. The highest BCUT2D eigenvalue weighted by Gasteiger charge is 1.92. The molecule has 0 bridgehead atoms. The van der Waals surface area contributed by atoms with E-state index in [1.807, 2.05) is 6.07 Å². The number of nitrogens with one attached hydrogen (secondary N) is 1. The first-order chi connectivity index (χ1) is 8.83. The predicted octanol–water partition coefficient (Wildman–Crippen LogP) is 3.50. The van der Waals surface area contributed by atoms with E-state index >= 15 is 0 Å². The van der Waals surface area contributed by atoms with E-state index < -0.39 is 0 Å². The van der Waals surface area contributed by atoms with Crippen LogP contribution in [0.2, 0.25) is 0 Å². The minimum atomic E-state index is 0.882. The molecule has 2 nitrogen and oxygen atoms in total. The summed E-state index contributed by atoms with van der Waals surface area (Å²) in [4.78, 5) is 0. The largest absolute Gasteiger partial charge is 0.385 e. The Morgan fingerprint density at radius 2 is 1.94 bits per heavy atom. The molecule has 1 N–H and O–H groups in total. The molecule has 0 amide bonds. The zero-order valence-corrected chi connectivity index (χ0v) is 11.6. The second kappa shape index (κ2) is 9.86. The molecule has 0 aliphatic heterocycles. The highest BCUT2D eigenvalue weighted by Crippen LogP contribution is 2.05. The summed E-state index contributed by atoms with van der Waals surface area (Å²) >= 11 is 0. The minimum Gasteiger partial charge on any atom is -0.385 e. The van der Waals surface area contributed by atoms with Gasteiger partial charge < -0.3 is 10.1 Å². The molecule has 0 fully saturated rings. The third kappa shape index (κ3) is 7.25. The van der Waals surface area contributed by atoms with Crippen molar-refractivity contribution in [3.63, 3.8) is 0 Å². The van der Waals surface area contributed by atoms with Gasteiger partial charge in [-0.1, -0.05) is 42.0 Å². The van der Waals surface area contributed by atoms with Crippen LogP contribution in [0.5, 0.6) is 0 Å². The van der Waals surface area contributed by atoms with Crippen molar-refractivity contribution in [3.05, 3.63) is 41.5 Å². The average molecular weight is 247 g/mol. The normalized spacial score (nSPS) is 11.8. The van der Waals surface area contributed by atoms with Crippen LogP contribution in [0.3, 0.4) is 0 Å². The number of hydrogen-bond donors (Lipinski definition) is 1. The van der Waals surface area contributed by atoms with Crippen LogP contribution < -0.4 is 5.32 Å². The molecule has 0 unspecified atom stereocenters. The summed E-state index contributed by atoms with van der Waals surface area (Å²) < 4.78 is 5.02. The molecule has 100 valence electrons. The summed E-state index contributed by atoms with van der Waals surface area (Å²) in [6.07, 6.45) is 5.86. The van der Waals surface area contributed by atoms with Crippen molar-refractivity contribution in [2.45, 2.75) is 26.2 Å². The lowest BCUT2D eigenvalue weighted by Crippen LogP contribution is -2.17. The molecule has 0 heterocycles. The fraction of sp³-hybridized carbons (Fsp3) is 0.500. The molecule has 0 atom stereocenters. The lowest BCUT2D eigenvalue weighted by Gasteiger charge is -2.05. The maximum Gasteiger partial charge on any atom is 0.0462 e. The van der Waals surface area contributed by atoms with Crippen LogP contribution in [0.15, 0.2) is 35.9 Å². The molecule has 18 heavy (non-hydrogen) atoms. The van der Waals surface area contributed by atoms with Crippen LogP contribution in [-0.4, -0.2) is 26.8 Å². The number of benzene rings is 1. The van der Waals surface area contributed by atoms with Crippen LogP contribution in [0, 0.1) is 0 Å². The third-order valence-corrected chi connectivity index (χ3v) is 2.82. The monoisotopic (exact) mass is 247 g/mol. The third-order valence-electron chi connectivity index (χ3n) is 2.82. The van der Waals surface area contributed by atoms with Crippen LogP contribution in [0.1, 0.15) is 31.7 Å². The zero-order chi connectivity index (χ0) is 13.1. The van der Waals surface area contributed by atoms with Crippen molar-refractivity contribution in [1.82, 2.24) is 5.32 Å². The highest BCUT2D eigenvalue weighted by molar-refractivity contribution is 5.52. The molecule has 2 heteroatoms. The van der Waals surface area contributed by atoms with E-state index in [9.17, 15) is 0 Å². The van der Waals surface area contributed by atoms with Gasteiger partial charge in [-0.3, -0.25) is 0 Å². The molecule has 0 saturated carbocycles. The van der Waals surface area contributed by atoms with Gasteiger partial charge in [-0.05, 0) is 38.3 Å². The van der Waals surface area contributed by atoms with Crippen molar-refractivity contribution in [2.75, 3.05) is 26.8 Å². The van der Waals surface area contributed by atoms with Gasteiger partial charge in [0.2, 0.25) is 0 Å². The first kappa shape index (κ1) is 14.9. The fourth-order valence-corrected chi connectivity index (χ4v) is 1.84. The second-order valence-electron chi connectivity index (χ2n) is 4.63. The first-order valence-corrected chi connectivity index (χ1v) is 6.75. The number of methoxy groups -OCH3 is 1. The Morgan fingerprint density at radius 3 is 2.67 bits per heavy atom. The van der Waals surface area contributed by atoms with E-state index in [1.165, 1.54) is 24.0 Å². The van der Waals surface area contributed by atoms with Crippen LogP contribution >= 0.6 is 0 Å². The maximum atomic E-state index is 5.02. The Balaban J connectivity index is 2.10. The number of rotatable bonds is 9. The van der Waals surface area contributed by atoms with Crippen LogP contribution in [0.25, 0.3) is 6.08 Å². The molecule has 0 aliphatic carbocycles. The van der Waals surface area contributed by atoms with Crippen molar-refractivity contribution in [2.24, 2.45) is 0 Å². The molecule has 1 aromatic carbocycles. The summed E-state index contributed by atoms with van der Waals surface area (Å²) in [5.41, 5.74) is 2.65. The zero-order valence-electron chi connectivity index (χ0n) is 11.6. The van der Waals surface area contributed by atoms with Gasteiger partial charge in [-0.15, -0.1) is 0 Å². The van der Waals surface area contributed by atoms with Crippen LogP contribution in [-0.2, 0) is 4.74 Å². The van der Waals surface area contributed by atoms with Gasteiger partial charge >= 0.3 is 0 Å². The summed E-state index contributed by atoms with van der Waals surface area (Å²) in [6, 6.07) is 10.5. The van der Waals surface area contributed by atoms with Crippen molar-refractivity contribution in [3.8, 4) is 0 Å². The molecule has 1 aromatic rings. The lowest BCUT2D eigenvalue weighted by molar-refractivity contribution is 0.192. The molecular weight excluding hydrogens is 222 g/mol. The number of hydrogen-bond acceptors (Lipinski definition) is 2. The van der Waals surface area contributed by atoms with Gasteiger partial charge in [-0.2, -0.15) is 0 Å². The topological polar surface area (TPSA) is 21.3 Å². The Bertz CT molecular complexity index is 332. The van der Waals surface area contributed by atoms with Gasteiger partial charge in [0.15, 0.2) is 0 Å².